The highest BCUT2D eigenvalue weighted by Gasteiger charge is 2.26. The number of aliphatic hydroxyl groups excluding tert-OH is 2. The number of hydrogen-bond acceptors (Lipinski definition) is 3. The molecule has 0 aromatic heterocycles. The van der Waals surface area contributed by atoms with Crippen molar-refractivity contribution in [1.29, 1.82) is 0 Å². The zero-order valence-electron chi connectivity index (χ0n) is 11.7. The van der Waals surface area contributed by atoms with Gasteiger partial charge in [0.15, 0.2) is 17.5 Å². The van der Waals surface area contributed by atoms with Crippen LogP contribution in [0.1, 0.15) is 6.92 Å². The summed E-state index contributed by atoms with van der Waals surface area (Å²) in [6.07, 6.45) is 0. The van der Waals surface area contributed by atoms with Gasteiger partial charge in [-0.3, -0.25) is 0 Å². The van der Waals surface area contributed by atoms with Crippen LogP contribution in [-0.4, -0.2) is 48.0 Å². The van der Waals surface area contributed by atoms with Gasteiger partial charge in [-0.25, -0.2) is 18.0 Å². The molecule has 0 fully saturated rings. The van der Waals surface area contributed by atoms with Crippen LogP contribution in [0.3, 0.4) is 0 Å². The summed E-state index contributed by atoms with van der Waals surface area (Å²) < 4.78 is 38.8. The zero-order chi connectivity index (χ0) is 16.2. The van der Waals surface area contributed by atoms with Gasteiger partial charge in [0.05, 0.1) is 13.2 Å². The lowest BCUT2D eigenvalue weighted by atomic mass is 9.92. The molecule has 0 unspecified atom stereocenters. The fraction of sp³-hybridized carbons (Fsp3) is 0.462. The molecular formula is C13H17F3N2O3. The molecule has 0 aliphatic rings. The van der Waals surface area contributed by atoms with Crippen molar-refractivity contribution in [3.63, 3.8) is 0 Å². The van der Waals surface area contributed by atoms with Crippen molar-refractivity contribution >= 4 is 11.7 Å². The number of nitrogens with one attached hydrogen (secondary N) is 1. The lowest BCUT2D eigenvalue weighted by Gasteiger charge is -2.30. The summed E-state index contributed by atoms with van der Waals surface area (Å²) in [7, 11) is 1.38. The number of urea groups is 1. The molecule has 0 aliphatic heterocycles. The minimum absolute atomic E-state index is 0.0119. The molecule has 1 aromatic carbocycles. The Bertz CT molecular complexity index is 498. The Morgan fingerprint density at radius 3 is 2.14 bits per heavy atom. The molecule has 5 nitrogen and oxygen atoms in total. The van der Waals surface area contributed by atoms with Crippen LogP contribution in [0.15, 0.2) is 12.1 Å². The quantitative estimate of drug-likeness (QED) is 0.723. The Labute approximate surface area is 120 Å². The second-order valence-electron chi connectivity index (χ2n) is 5.17. The third-order valence-electron chi connectivity index (χ3n) is 2.96. The van der Waals surface area contributed by atoms with Crippen molar-refractivity contribution in [2.24, 2.45) is 5.41 Å². The summed E-state index contributed by atoms with van der Waals surface area (Å²) in [6.45, 7) is 0.883. The summed E-state index contributed by atoms with van der Waals surface area (Å²) >= 11 is 0. The first-order chi connectivity index (χ1) is 9.72. The van der Waals surface area contributed by atoms with E-state index >= 15 is 0 Å². The molecule has 0 saturated carbocycles. The zero-order valence-corrected chi connectivity index (χ0v) is 11.7. The van der Waals surface area contributed by atoms with Gasteiger partial charge in [-0.15, -0.1) is 0 Å². The lowest BCUT2D eigenvalue weighted by Crippen LogP contribution is -2.43. The van der Waals surface area contributed by atoms with E-state index in [2.05, 4.69) is 5.32 Å². The molecule has 2 amide bonds. The van der Waals surface area contributed by atoms with Gasteiger partial charge in [-0.1, -0.05) is 6.92 Å². The second-order valence-corrected chi connectivity index (χ2v) is 5.17. The standard InChI is InChI=1S/C13H17F3N2O3/c1-13(6-19,7-20)5-18(2)12(21)17-8-3-9(14)11(16)10(15)4-8/h3-4,19-20H,5-7H2,1-2H3,(H,17,21). The van der Waals surface area contributed by atoms with Gasteiger partial charge < -0.3 is 20.4 Å². The third kappa shape index (κ3) is 4.33. The van der Waals surface area contributed by atoms with Crippen LogP contribution >= 0.6 is 0 Å². The predicted molar refractivity (Wildman–Crippen MR) is 70.2 cm³/mol. The molecule has 1 aromatic rings. The van der Waals surface area contributed by atoms with Crippen molar-refractivity contribution in [3.05, 3.63) is 29.6 Å². The topological polar surface area (TPSA) is 72.8 Å². The maximum absolute atomic E-state index is 13.0. The number of halogens is 3. The van der Waals surface area contributed by atoms with Crippen LogP contribution in [0.2, 0.25) is 0 Å². The van der Waals surface area contributed by atoms with Crippen LogP contribution in [0.5, 0.6) is 0 Å². The Balaban J connectivity index is 2.77. The number of aliphatic hydroxyl groups is 2. The Morgan fingerprint density at radius 2 is 1.71 bits per heavy atom. The van der Waals surface area contributed by atoms with Crippen molar-refractivity contribution < 1.29 is 28.2 Å². The molecule has 0 heterocycles. The summed E-state index contributed by atoms with van der Waals surface area (Å²) in [5, 5.41) is 20.5. The Morgan fingerprint density at radius 1 is 1.24 bits per heavy atom. The highest BCUT2D eigenvalue weighted by atomic mass is 19.2. The van der Waals surface area contributed by atoms with Gasteiger partial charge in [-0.2, -0.15) is 0 Å². The Kier molecular flexibility index (Phi) is 5.56. The van der Waals surface area contributed by atoms with Crippen LogP contribution in [0.25, 0.3) is 0 Å². The molecule has 118 valence electrons. The molecule has 8 heteroatoms. The van der Waals surface area contributed by atoms with E-state index in [1.54, 1.807) is 6.92 Å². The number of anilines is 1. The highest BCUT2D eigenvalue weighted by Crippen LogP contribution is 2.19. The smallest absolute Gasteiger partial charge is 0.321 e. The van der Waals surface area contributed by atoms with Crippen LogP contribution < -0.4 is 5.32 Å². The van der Waals surface area contributed by atoms with Crippen LogP contribution in [0.4, 0.5) is 23.7 Å². The molecule has 0 radical (unpaired) electrons. The number of amides is 2. The van der Waals surface area contributed by atoms with E-state index in [4.69, 9.17) is 10.2 Å². The van der Waals surface area contributed by atoms with E-state index in [0.717, 1.165) is 4.90 Å². The lowest BCUT2D eigenvalue weighted by molar-refractivity contribution is 0.0509. The maximum atomic E-state index is 13.0. The maximum Gasteiger partial charge on any atom is 0.321 e. The van der Waals surface area contributed by atoms with Crippen LogP contribution in [0, 0.1) is 22.9 Å². The van der Waals surface area contributed by atoms with Gasteiger partial charge in [0, 0.05) is 36.8 Å². The van der Waals surface area contributed by atoms with Crippen LogP contribution in [-0.2, 0) is 0 Å². The normalized spacial score (nSPS) is 11.4. The molecule has 3 N–H and O–H groups in total. The van der Waals surface area contributed by atoms with Gasteiger partial charge in [0.1, 0.15) is 0 Å². The number of rotatable bonds is 5. The average molecular weight is 306 g/mol. The van der Waals surface area contributed by atoms with E-state index < -0.39 is 28.9 Å². The van der Waals surface area contributed by atoms with Gasteiger partial charge in [0.25, 0.3) is 0 Å². The number of benzene rings is 1. The highest BCUT2D eigenvalue weighted by molar-refractivity contribution is 5.89. The first-order valence-corrected chi connectivity index (χ1v) is 6.11. The van der Waals surface area contributed by atoms with E-state index in [1.165, 1.54) is 7.05 Å². The monoisotopic (exact) mass is 306 g/mol. The first-order valence-electron chi connectivity index (χ1n) is 6.11. The van der Waals surface area contributed by atoms with Gasteiger partial charge >= 0.3 is 6.03 Å². The molecule has 0 atom stereocenters. The fourth-order valence-electron chi connectivity index (χ4n) is 1.64. The first kappa shape index (κ1) is 17.3. The largest absolute Gasteiger partial charge is 0.396 e. The number of carbonyl (C=O) groups is 1. The molecule has 0 aliphatic carbocycles. The minimum Gasteiger partial charge on any atom is -0.396 e. The molecule has 0 bridgehead atoms. The van der Waals surface area contributed by atoms with Crippen molar-refractivity contribution in [2.75, 3.05) is 32.1 Å². The molecule has 0 saturated heterocycles. The van der Waals surface area contributed by atoms with Crippen molar-refractivity contribution in [3.8, 4) is 0 Å². The van der Waals surface area contributed by atoms with Gasteiger partial charge in [0.2, 0.25) is 0 Å². The van der Waals surface area contributed by atoms with Crippen molar-refractivity contribution in [1.82, 2.24) is 4.90 Å². The molecule has 21 heavy (non-hydrogen) atoms. The van der Waals surface area contributed by atoms with E-state index in [-0.39, 0.29) is 25.4 Å². The Hall–Kier alpha value is -1.80. The number of carbonyl (C=O) groups excluding carboxylic acids is 1. The summed E-state index contributed by atoms with van der Waals surface area (Å²) in [5.41, 5.74) is -1.15. The fourth-order valence-corrected chi connectivity index (χ4v) is 1.64. The second kappa shape index (κ2) is 6.77. The molecule has 1 rings (SSSR count). The van der Waals surface area contributed by atoms with E-state index in [1.807, 2.05) is 0 Å². The third-order valence-corrected chi connectivity index (χ3v) is 2.96. The summed E-state index contributed by atoms with van der Waals surface area (Å²) in [4.78, 5) is 13.0. The summed E-state index contributed by atoms with van der Waals surface area (Å²) in [6, 6.07) is 0.594. The van der Waals surface area contributed by atoms with Crippen molar-refractivity contribution in [2.45, 2.75) is 6.92 Å². The number of hydrogen-bond donors (Lipinski definition) is 3. The van der Waals surface area contributed by atoms with E-state index in [0.29, 0.717) is 12.1 Å². The number of nitrogens with zero attached hydrogens (tertiary/aromatic N) is 1. The average Bonchev–Trinajstić information content (AvgIpc) is 2.44. The van der Waals surface area contributed by atoms with E-state index in [9.17, 15) is 18.0 Å². The molecular weight excluding hydrogens is 289 g/mol. The minimum atomic E-state index is -1.62. The summed E-state index contributed by atoms with van der Waals surface area (Å²) in [5.74, 6) is -4.44. The SMILES string of the molecule is CN(CC(C)(CO)CO)C(=O)Nc1cc(F)c(F)c(F)c1. The predicted octanol–water partition coefficient (Wildman–Crippen LogP) is 1.56. The molecule has 0 spiro atoms. The van der Waals surface area contributed by atoms with Gasteiger partial charge in [-0.05, 0) is 0 Å².